The molecular formula is C17H15N3O2. The van der Waals surface area contributed by atoms with Gasteiger partial charge < -0.3 is 5.32 Å². The van der Waals surface area contributed by atoms with Crippen molar-refractivity contribution in [3.63, 3.8) is 0 Å². The van der Waals surface area contributed by atoms with Crippen LogP contribution in [0.3, 0.4) is 0 Å². The molecule has 0 radical (unpaired) electrons. The van der Waals surface area contributed by atoms with E-state index in [0.717, 1.165) is 11.1 Å². The average Bonchev–Trinajstić information content (AvgIpc) is 2.49. The number of carbonyl (C=O) groups excluding carboxylic acids is 1. The molecule has 22 heavy (non-hydrogen) atoms. The van der Waals surface area contributed by atoms with Crippen molar-refractivity contribution in [2.24, 2.45) is 0 Å². The molecule has 1 aromatic heterocycles. The Morgan fingerprint density at radius 2 is 1.86 bits per heavy atom. The van der Waals surface area contributed by atoms with Gasteiger partial charge in [0.1, 0.15) is 0 Å². The SMILES string of the molecule is Cc1cc(C)c2[nH]nc(C(=O)Nc3ccccc3)c(=O)c2c1. The minimum atomic E-state index is -0.520. The molecule has 0 aliphatic rings. The summed E-state index contributed by atoms with van der Waals surface area (Å²) in [5.74, 6) is -0.520. The third-order valence-corrected chi connectivity index (χ3v) is 3.47. The molecule has 0 fully saturated rings. The van der Waals surface area contributed by atoms with Crippen LogP contribution in [0.15, 0.2) is 47.3 Å². The van der Waals surface area contributed by atoms with Gasteiger partial charge in [0.15, 0.2) is 5.69 Å². The van der Waals surface area contributed by atoms with Gasteiger partial charge >= 0.3 is 0 Å². The minimum absolute atomic E-state index is 0.138. The first-order valence-electron chi connectivity index (χ1n) is 6.92. The molecule has 0 aliphatic carbocycles. The zero-order valence-corrected chi connectivity index (χ0v) is 12.3. The Morgan fingerprint density at radius 3 is 2.59 bits per heavy atom. The van der Waals surface area contributed by atoms with E-state index in [1.54, 1.807) is 30.3 Å². The van der Waals surface area contributed by atoms with E-state index >= 15 is 0 Å². The molecule has 0 atom stereocenters. The van der Waals surface area contributed by atoms with Crippen LogP contribution in [0, 0.1) is 13.8 Å². The molecule has 110 valence electrons. The van der Waals surface area contributed by atoms with E-state index in [0.29, 0.717) is 16.6 Å². The Kier molecular flexibility index (Phi) is 3.47. The quantitative estimate of drug-likeness (QED) is 0.763. The zero-order valence-electron chi connectivity index (χ0n) is 12.3. The Bertz CT molecular complexity index is 914. The number of aromatic nitrogens is 2. The fourth-order valence-corrected chi connectivity index (χ4v) is 2.45. The molecule has 0 bridgehead atoms. The second kappa shape index (κ2) is 5.44. The lowest BCUT2D eigenvalue weighted by atomic mass is 10.1. The van der Waals surface area contributed by atoms with Crippen LogP contribution in [-0.2, 0) is 0 Å². The van der Waals surface area contributed by atoms with Crippen molar-refractivity contribution in [1.82, 2.24) is 10.2 Å². The molecule has 2 N–H and O–H groups in total. The summed E-state index contributed by atoms with van der Waals surface area (Å²) in [5, 5.41) is 9.90. The molecule has 1 heterocycles. The Balaban J connectivity index is 2.06. The fourth-order valence-electron chi connectivity index (χ4n) is 2.45. The number of anilines is 1. The van der Waals surface area contributed by atoms with E-state index in [2.05, 4.69) is 15.5 Å². The van der Waals surface area contributed by atoms with Gasteiger partial charge in [-0.25, -0.2) is 0 Å². The molecule has 5 heteroatoms. The number of aromatic amines is 1. The third-order valence-electron chi connectivity index (χ3n) is 3.47. The highest BCUT2D eigenvalue weighted by Crippen LogP contribution is 2.15. The van der Waals surface area contributed by atoms with Crippen LogP contribution in [0.1, 0.15) is 21.6 Å². The van der Waals surface area contributed by atoms with Crippen molar-refractivity contribution in [3.05, 3.63) is 69.5 Å². The first-order chi connectivity index (χ1) is 10.6. The number of nitrogens with zero attached hydrogens (tertiary/aromatic N) is 1. The number of nitrogens with one attached hydrogen (secondary N) is 2. The second-order valence-electron chi connectivity index (χ2n) is 5.23. The highest BCUT2D eigenvalue weighted by molar-refractivity contribution is 6.04. The number of rotatable bonds is 2. The van der Waals surface area contributed by atoms with Gasteiger partial charge in [0.2, 0.25) is 5.43 Å². The van der Waals surface area contributed by atoms with Crippen LogP contribution in [-0.4, -0.2) is 16.1 Å². The van der Waals surface area contributed by atoms with E-state index in [4.69, 9.17) is 0 Å². The molecular weight excluding hydrogens is 278 g/mol. The highest BCUT2D eigenvalue weighted by Gasteiger charge is 2.16. The van der Waals surface area contributed by atoms with E-state index < -0.39 is 5.91 Å². The normalized spacial score (nSPS) is 10.6. The minimum Gasteiger partial charge on any atom is -0.320 e. The van der Waals surface area contributed by atoms with Gasteiger partial charge in [-0.2, -0.15) is 5.10 Å². The number of hydrogen-bond donors (Lipinski definition) is 2. The van der Waals surface area contributed by atoms with Gasteiger partial charge in [0.05, 0.1) is 10.9 Å². The van der Waals surface area contributed by atoms with Crippen LogP contribution in [0.25, 0.3) is 10.9 Å². The predicted octanol–water partition coefficient (Wildman–Crippen LogP) is 2.79. The lowest BCUT2D eigenvalue weighted by Crippen LogP contribution is -2.24. The first kappa shape index (κ1) is 14.0. The van der Waals surface area contributed by atoms with Crippen LogP contribution in [0.5, 0.6) is 0 Å². The molecule has 2 aromatic carbocycles. The lowest BCUT2D eigenvalue weighted by Gasteiger charge is -2.07. The maximum Gasteiger partial charge on any atom is 0.280 e. The Labute approximate surface area is 127 Å². The van der Waals surface area contributed by atoms with Crippen LogP contribution in [0.4, 0.5) is 5.69 Å². The average molecular weight is 293 g/mol. The number of hydrogen-bond acceptors (Lipinski definition) is 3. The number of fused-ring (bicyclic) bond motifs is 1. The number of aryl methyl sites for hydroxylation is 2. The van der Waals surface area contributed by atoms with E-state index in [-0.39, 0.29) is 11.1 Å². The molecule has 0 saturated carbocycles. The largest absolute Gasteiger partial charge is 0.320 e. The number of carbonyl (C=O) groups is 1. The molecule has 0 unspecified atom stereocenters. The lowest BCUT2D eigenvalue weighted by molar-refractivity contribution is 0.102. The summed E-state index contributed by atoms with van der Waals surface area (Å²) in [6, 6.07) is 12.7. The van der Waals surface area contributed by atoms with Gasteiger partial charge in [-0.15, -0.1) is 0 Å². The monoisotopic (exact) mass is 293 g/mol. The van der Waals surface area contributed by atoms with E-state index in [1.807, 2.05) is 26.0 Å². The number of H-pyrrole nitrogens is 1. The van der Waals surface area contributed by atoms with Crippen LogP contribution < -0.4 is 10.7 Å². The molecule has 0 spiro atoms. The topological polar surface area (TPSA) is 74.8 Å². The summed E-state index contributed by atoms with van der Waals surface area (Å²) in [6.07, 6.45) is 0. The summed E-state index contributed by atoms with van der Waals surface area (Å²) < 4.78 is 0. The van der Waals surface area contributed by atoms with Crippen molar-refractivity contribution >= 4 is 22.5 Å². The Morgan fingerprint density at radius 1 is 1.14 bits per heavy atom. The Hall–Kier alpha value is -2.95. The molecule has 3 rings (SSSR count). The second-order valence-corrected chi connectivity index (χ2v) is 5.23. The van der Waals surface area contributed by atoms with Crippen molar-refractivity contribution in [1.29, 1.82) is 0 Å². The molecule has 5 nitrogen and oxygen atoms in total. The number of benzene rings is 2. The van der Waals surface area contributed by atoms with Crippen molar-refractivity contribution in [3.8, 4) is 0 Å². The molecule has 3 aromatic rings. The zero-order chi connectivity index (χ0) is 15.7. The van der Waals surface area contributed by atoms with Crippen molar-refractivity contribution in [2.75, 3.05) is 5.32 Å². The standard InChI is InChI=1S/C17H15N3O2/c1-10-8-11(2)14-13(9-10)16(21)15(20-19-14)17(22)18-12-6-4-3-5-7-12/h3-9H,1-2H3,(H,18,22)(H,19,21). The van der Waals surface area contributed by atoms with Crippen molar-refractivity contribution in [2.45, 2.75) is 13.8 Å². The summed E-state index contributed by atoms with van der Waals surface area (Å²) in [4.78, 5) is 24.8. The maximum absolute atomic E-state index is 12.5. The van der Waals surface area contributed by atoms with Crippen molar-refractivity contribution < 1.29 is 4.79 Å². The predicted molar refractivity (Wildman–Crippen MR) is 86.2 cm³/mol. The van der Waals surface area contributed by atoms with Crippen LogP contribution in [0.2, 0.25) is 0 Å². The molecule has 0 aliphatic heterocycles. The van der Waals surface area contributed by atoms with Gasteiger partial charge in [0, 0.05) is 5.69 Å². The number of para-hydroxylation sites is 1. The smallest absolute Gasteiger partial charge is 0.280 e. The molecule has 1 amide bonds. The fraction of sp³-hybridized carbons (Fsp3) is 0.118. The van der Waals surface area contributed by atoms with E-state index in [1.165, 1.54) is 0 Å². The summed E-state index contributed by atoms with van der Waals surface area (Å²) in [7, 11) is 0. The molecule has 0 saturated heterocycles. The van der Waals surface area contributed by atoms with E-state index in [9.17, 15) is 9.59 Å². The maximum atomic E-state index is 12.5. The summed E-state index contributed by atoms with van der Waals surface area (Å²) in [6.45, 7) is 3.81. The highest BCUT2D eigenvalue weighted by atomic mass is 16.2. The van der Waals surface area contributed by atoms with Gasteiger partial charge in [-0.3, -0.25) is 14.7 Å². The van der Waals surface area contributed by atoms with Gasteiger partial charge in [-0.05, 0) is 43.2 Å². The van der Waals surface area contributed by atoms with Gasteiger partial charge in [0.25, 0.3) is 5.91 Å². The van der Waals surface area contributed by atoms with Gasteiger partial charge in [-0.1, -0.05) is 24.3 Å². The van der Waals surface area contributed by atoms with Crippen LogP contribution >= 0.6 is 0 Å². The summed E-state index contributed by atoms with van der Waals surface area (Å²) in [5.41, 5.74) is 2.67. The number of amides is 1. The third kappa shape index (κ3) is 2.48. The first-order valence-corrected chi connectivity index (χ1v) is 6.92. The summed E-state index contributed by atoms with van der Waals surface area (Å²) >= 11 is 0.